The van der Waals surface area contributed by atoms with Gasteiger partial charge in [-0.05, 0) is 65.2 Å². The molecular weight excluding hydrogens is 264 g/mol. The first-order valence-electron chi connectivity index (χ1n) is 8.23. The molecule has 0 aromatic rings. The first kappa shape index (κ1) is 16.1. The predicted molar refractivity (Wildman–Crippen MR) is 81.7 cm³/mol. The number of carbonyl (C=O) groups excluding carboxylic acids is 1. The Bertz CT molecular complexity index is 415. The van der Waals surface area contributed by atoms with Gasteiger partial charge in [0.25, 0.3) is 0 Å². The molecule has 0 bridgehead atoms. The summed E-state index contributed by atoms with van der Waals surface area (Å²) >= 11 is 0. The number of likely N-dealkylation sites (tertiary alicyclic amines) is 1. The van der Waals surface area contributed by atoms with Crippen molar-refractivity contribution in [3.63, 3.8) is 0 Å². The van der Waals surface area contributed by atoms with Crippen LogP contribution in [-0.4, -0.2) is 29.7 Å². The number of carbonyl (C=O) groups is 1. The summed E-state index contributed by atoms with van der Waals surface area (Å²) in [6, 6.07) is 2.51. The third-order valence-corrected chi connectivity index (χ3v) is 4.75. The normalized spacial score (nSPS) is 24.9. The van der Waals surface area contributed by atoms with Gasteiger partial charge >= 0.3 is 6.09 Å². The van der Waals surface area contributed by atoms with Crippen molar-refractivity contribution in [3.05, 3.63) is 0 Å². The van der Waals surface area contributed by atoms with E-state index in [1.807, 2.05) is 25.7 Å². The molecule has 1 atom stereocenters. The molecule has 4 nitrogen and oxygen atoms in total. The molecule has 4 heteroatoms. The zero-order valence-corrected chi connectivity index (χ0v) is 13.7. The Morgan fingerprint density at radius 3 is 2.62 bits per heavy atom. The van der Waals surface area contributed by atoms with Gasteiger partial charge in [-0.25, -0.2) is 4.79 Å². The molecule has 0 radical (unpaired) electrons. The number of amides is 1. The second-order valence-electron chi connectivity index (χ2n) is 7.72. The molecule has 2 aliphatic rings. The van der Waals surface area contributed by atoms with Gasteiger partial charge in [-0.1, -0.05) is 6.42 Å². The van der Waals surface area contributed by atoms with Gasteiger partial charge in [0.1, 0.15) is 5.60 Å². The van der Waals surface area contributed by atoms with Crippen molar-refractivity contribution in [1.29, 1.82) is 5.26 Å². The number of nitrogens with zero attached hydrogens (tertiary/aromatic N) is 2. The van der Waals surface area contributed by atoms with Crippen LogP contribution >= 0.6 is 0 Å². The Morgan fingerprint density at radius 2 is 2.10 bits per heavy atom. The van der Waals surface area contributed by atoms with Crippen LogP contribution in [0.2, 0.25) is 0 Å². The van der Waals surface area contributed by atoms with E-state index in [9.17, 15) is 10.1 Å². The molecule has 0 aromatic heterocycles. The van der Waals surface area contributed by atoms with E-state index < -0.39 is 5.60 Å². The van der Waals surface area contributed by atoms with E-state index in [-0.39, 0.29) is 11.5 Å². The van der Waals surface area contributed by atoms with Crippen molar-refractivity contribution in [2.24, 2.45) is 11.3 Å². The highest BCUT2D eigenvalue weighted by atomic mass is 16.6. The Hall–Kier alpha value is -1.24. The lowest BCUT2D eigenvalue weighted by Crippen LogP contribution is -2.43. The predicted octanol–water partition coefficient (Wildman–Crippen LogP) is 4.11. The second-order valence-corrected chi connectivity index (χ2v) is 7.72. The van der Waals surface area contributed by atoms with Gasteiger partial charge in [0.15, 0.2) is 0 Å². The average molecular weight is 292 g/mol. The van der Waals surface area contributed by atoms with Crippen LogP contribution in [0.3, 0.4) is 0 Å². The topological polar surface area (TPSA) is 53.3 Å². The summed E-state index contributed by atoms with van der Waals surface area (Å²) in [4.78, 5) is 14.0. The first-order chi connectivity index (χ1) is 9.84. The van der Waals surface area contributed by atoms with Crippen LogP contribution in [0.4, 0.5) is 4.79 Å². The Balaban J connectivity index is 1.81. The number of rotatable bonds is 3. The third kappa shape index (κ3) is 4.36. The van der Waals surface area contributed by atoms with Crippen LogP contribution < -0.4 is 0 Å². The fraction of sp³-hybridized carbons (Fsp3) is 0.882. The fourth-order valence-corrected chi connectivity index (χ4v) is 3.29. The molecule has 1 heterocycles. The Kier molecular flexibility index (Phi) is 4.81. The quantitative estimate of drug-likeness (QED) is 0.786. The van der Waals surface area contributed by atoms with Gasteiger partial charge in [0.2, 0.25) is 0 Å². The molecule has 2 rings (SSSR count). The highest BCUT2D eigenvalue weighted by molar-refractivity contribution is 5.68. The maximum atomic E-state index is 12.1. The summed E-state index contributed by atoms with van der Waals surface area (Å²) in [5, 5.41) is 9.30. The van der Waals surface area contributed by atoms with Crippen molar-refractivity contribution in [2.75, 3.05) is 13.1 Å². The smallest absolute Gasteiger partial charge is 0.410 e. The lowest BCUT2D eigenvalue weighted by atomic mass is 9.66. The summed E-state index contributed by atoms with van der Waals surface area (Å²) in [7, 11) is 0. The van der Waals surface area contributed by atoms with Gasteiger partial charge in [-0.15, -0.1) is 0 Å². The van der Waals surface area contributed by atoms with E-state index in [4.69, 9.17) is 4.74 Å². The molecule has 0 aromatic carbocycles. The summed E-state index contributed by atoms with van der Waals surface area (Å²) in [5.41, 5.74) is -0.477. The Morgan fingerprint density at radius 1 is 1.38 bits per heavy atom. The van der Waals surface area contributed by atoms with Crippen molar-refractivity contribution < 1.29 is 9.53 Å². The van der Waals surface area contributed by atoms with E-state index >= 15 is 0 Å². The molecule has 1 aliphatic heterocycles. The number of hydrogen-bond acceptors (Lipinski definition) is 3. The molecule has 0 N–H and O–H groups in total. The Labute approximate surface area is 128 Å². The molecule has 1 saturated carbocycles. The average Bonchev–Trinajstić information content (AvgIpc) is 2.36. The molecule has 2 fully saturated rings. The monoisotopic (exact) mass is 292 g/mol. The maximum absolute atomic E-state index is 12.1. The van der Waals surface area contributed by atoms with E-state index in [0.717, 1.165) is 45.2 Å². The first-order valence-corrected chi connectivity index (χ1v) is 8.23. The van der Waals surface area contributed by atoms with Crippen molar-refractivity contribution in [2.45, 2.75) is 71.3 Å². The largest absolute Gasteiger partial charge is 0.444 e. The molecule has 1 unspecified atom stereocenters. The molecule has 21 heavy (non-hydrogen) atoms. The zero-order valence-electron chi connectivity index (χ0n) is 13.7. The van der Waals surface area contributed by atoms with Crippen LogP contribution in [0.5, 0.6) is 0 Å². The molecular formula is C17H28N2O2. The maximum Gasteiger partial charge on any atom is 0.410 e. The lowest BCUT2D eigenvalue weighted by Gasteiger charge is -2.38. The van der Waals surface area contributed by atoms with E-state index in [1.165, 1.54) is 12.8 Å². The van der Waals surface area contributed by atoms with Gasteiger partial charge in [0.05, 0.1) is 11.5 Å². The standard InChI is InChI=1S/C17H28N2O2/c1-16(2,3)21-15(20)19-11-4-6-14(12-19)7-10-17(13-18)8-5-9-17/h14H,4-12H2,1-3H3. The molecule has 118 valence electrons. The summed E-state index contributed by atoms with van der Waals surface area (Å²) in [6.07, 6.45) is 7.40. The van der Waals surface area contributed by atoms with Crippen LogP contribution in [0, 0.1) is 22.7 Å². The van der Waals surface area contributed by atoms with E-state index in [1.54, 1.807) is 0 Å². The van der Waals surface area contributed by atoms with Crippen LogP contribution in [-0.2, 0) is 4.74 Å². The third-order valence-electron chi connectivity index (χ3n) is 4.75. The number of hydrogen-bond donors (Lipinski definition) is 0. The molecule has 0 spiro atoms. The minimum atomic E-state index is -0.430. The van der Waals surface area contributed by atoms with Gasteiger partial charge < -0.3 is 9.64 Å². The summed E-state index contributed by atoms with van der Waals surface area (Å²) < 4.78 is 5.46. The van der Waals surface area contributed by atoms with Gasteiger partial charge in [-0.2, -0.15) is 5.26 Å². The highest BCUT2D eigenvalue weighted by Gasteiger charge is 2.38. The molecule has 1 amide bonds. The van der Waals surface area contributed by atoms with Crippen LogP contribution in [0.1, 0.15) is 65.7 Å². The minimum Gasteiger partial charge on any atom is -0.444 e. The molecule has 1 aliphatic carbocycles. The SMILES string of the molecule is CC(C)(C)OC(=O)N1CCCC(CCC2(C#N)CCC2)C1. The van der Waals surface area contributed by atoms with Crippen molar-refractivity contribution >= 4 is 6.09 Å². The highest BCUT2D eigenvalue weighted by Crippen LogP contribution is 2.45. The van der Waals surface area contributed by atoms with Crippen molar-refractivity contribution in [1.82, 2.24) is 4.90 Å². The van der Waals surface area contributed by atoms with E-state index in [0.29, 0.717) is 5.92 Å². The summed E-state index contributed by atoms with van der Waals surface area (Å²) in [5.74, 6) is 0.525. The minimum absolute atomic E-state index is 0.0474. The van der Waals surface area contributed by atoms with Gasteiger partial charge in [0, 0.05) is 13.1 Å². The van der Waals surface area contributed by atoms with E-state index in [2.05, 4.69) is 6.07 Å². The van der Waals surface area contributed by atoms with Crippen LogP contribution in [0.25, 0.3) is 0 Å². The number of ether oxygens (including phenoxy) is 1. The summed E-state index contributed by atoms with van der Waals surface area (Å²) in [6.45, 7) is 7.30. The van der Waals surface area contributed by atoms with Crippen LogP contribution in [0.15, 0.2) is 0 Å². The zero-order chi connectivity index (χ0) is 15.5. The number of piperidine rings is 1. The number of nitriles is 1. The fourth-order valence-electron chi connectivity index (χ4n) is 3.29. The molecule has 1 saturated heterocycles. The van der Waals surface area contributed by atoms with Gasteiger partial charge in [-0.3, -0.25) is 0 Å². The second kappa shape index (κ2) is 6.25. The lowest BCUT2D eigenvalue weighted by molar-refractivity contribution is 0.0152. The van der Waals surface area contributed by atoms with Crippen molar-refractivity contribution in [3.8, 4) is 6.07 Å².